The fraction of sp³-hybridized carbons (Fsp3) is 0.400. The van der Waals surface area contributed by atoms with Crippen molar-refractivity contribution in [3.8, 4) is 17.9 Å². The number of hydrogen-bond acceptors (Lipinski definition) is 7. The molecule has 38 heavy (non-hydrogen) atoms. The Hall–Kier alpha value is -4.30. The van der Waals surface area contributed by atoms with Gasteiger partial charge in [-0.15, -0.1) is 0 Å². The van der Waals surface area contributed by atoms with E-state index in [1.54, 1.807) is 7.05 Å². The molecule has 8 heteroatoms. The van der Waals surface area contributed by atoms with Crippen molar-refractivity contribution in [1.29, 1.82) is 10.5 Å². The van der Waals surface area contributed by atoms with E-state index in [9.17, 15) is 15.3 Å². The molecule has 192 valence electrons. The Bertz CT molecular complexity index is 1720. The van der Waals surface area contributed by atoms with Crippen LogP contribution in [-0.4, -0.2) is 29.2 Å². The van der Waals surface area contributed by atoms with Gasteiger partial charge in [0.05, 0.1) is 22.7 Å². The molecule has 1 aliphatic heterocycles. The maximum absolute atomic E-state index is 13.2. The normalized spacial score (nSPS) is 17.8. The van der Waals surface area contributed by atoms with Crippen molar-refractivity contribution in [3.05, 3.63) is 63.8 Å². The lowest BCUT2D eigenvalue weighted by Crippen LogP contribution is -2.42. The summed E-state index contributed by atoms with van der Waals surface area (Å²) in [5.74, 6) is 1.35. The standard InChI is InChI=1S/C30H29N5O3/c1-19-4-7-25-23(14-19)33-28(38-25)29(2)10-12-35(13-11-29)26-21-6-5-20(37-18-30(17-32)8-9-30)15-24(21)34(3)27(36)22(26)16-31/h4-7,14-15H,8-13,18H2,1-3H3. The molecule has 0 radical (unpaired) electrons. The number of piperidine rings is 1. The number of pyridine rings is 1. The second-order valence-electron chi connectivity index (χ2n) is 11.1. The fourth-order valence-electron chi connectivity index (χ4n) is 5.42. The molecule has 2 fully saturated rings. The first kappa shape index (κ1) is 24.1. The zero-order valence-electron chi connectivity index (χ0n) is 21.9. The van der Waals surface area contributed by atoms with Crippen LogP contribution in [0.4, 0.5) is 5.69 Å². The summed E-state index contributed by atoms with van der Waals surface area (Å²) >= 11 is 0. The van der Waals surface area contributed by atoms with E-state index >= 15 is 0 Å². The Balaban J connectivity index is 1.32. The summed E-state index contributed by atoms with van der Waals surface area (Å²) in [6, 6.07) is 16.2. The summed E-state index contributed by atoms with van der Waals surface area (Å²) in [6.07, 6.45) is 3.25. The van der Waals surface area contributed by atoms with Gasteiger partial charge in [-0.2, -0.15) is 10.5 Å². The van der Waals surface area contributed by atoms with Gasteiger partial charge in [0.25, 0.3) is 5.56 Å². The molecule has 1 saturated carbocycles. The molecule has 2 aliphatic rings. The molecule has 0 amide bonds. The number of anilines is 1. The van der Waals surface area contributed by atoms with Crippen molar-refractivity contribution < 1.29 is 9.15 Å². The summed E-state index contributed by atoms with van der Waals surface area (Å²) in [6.45, 7) is 5.88. The van der Waals surface area contributed by atoms with Crippen molar-refractivity contribution in [2.45, 2.75) is 44.9 Å². The van der Waals surface area contributed by atoms with Crippen molar-refractivity contribution in [2.75, 3.05) is 24.6 Å². The van der Waals surface area contributed by atoms with Gasteiger partial charge in [0.1, 0.15) is 29.5 Å². The topological polar surface area (TPSA) is 108 Å². The van der Waals surface area contributed by atoms with E-state index < -0.39 is 0 Å². The van der Waals surface area contributed by atoms with Crippen LogP contribution < -0.4 is 15.2 Å². The summed E-state index contributed by atoms with van der Waals surface area (Å²) in [5, 5.41) is 20.2. The number of aryl methyl sites for hydroxylation is 2. The van der Waals surface area contributed by atoms with Gasteiger partial charge in [-0.05, 0) is 62.4 Å². The number of ether oxygens (including phenoxy) is 1. The molecule has 8 nitrogen and oxygen atoms in total. The molecular weight excluding hydrogens is 478 g/mol. The number of nitriles is 2. The maximum Gasteiger partial charge on any atom is 0.270 e. The second-order valence-corrected chi connectivity index (χ2v) is 11.1. The number of fused-ring (bicyclic) bond motifs is 2. The third-order valence-corrected chi connectivity index (χ3v) is 8.30. The molecule has 3 heterocycles. The van der Waals surface area contributed by atoms with E-state index in [0.717, 1.165) is 53.6 Å². The van der Waals surface area contributed by atoms with Crippen LogP contribution in [0.25, 0.3) is 22.0 Å². The molecule has 1 aliphatic carbocycles. The van der Waals surface area contributed by atoms with Crippen LogP contribution in [-0.2, 0) is 12.5 Å². The minimum Gasteiger partial charge on any atom is -0.492 e. The average Bonchev–Trinajstić information content (AvgIpc) is 3.59. The number of oxazole rings is 1. The van der Waals surface area contributed by atoms with Crippen LogP contribution in [0, 0.1) is 35.0 Å². The molecular formula is C30H29N5O3. The van der Waals surface area contributed by atoms with Crippen molar-refractivity contribution >= 4 is 27.7 Å². The maximum atomic E-state index is 13.2. The summed E-state index contributed by atoms with van der Waals surface area (Å²) in [4.78, 5) is 20.2. The number of rotatable bonds is 5. The first-order valence-electron chi connectivity index (χ1n) is 13.0. The van der Waals surface area contributed by atoms with E-state index in [-0.39, 0.29) is 22.0 Å². The Morgan fingerprint density at radius 3 is 2.55 bits per heavy atom. The van der Waals surface area contributed by atoms with Gasteiger partial charge in [0, 0.05) is 37.0 Å². The van der Waals surface area contributed by atoms with Crippen LogP contribution in [0.1, 0.15) is 49.6 Å². The van der Waals surface area contributed by atoms with Gasteiger partial charge in [-0.25, -0.2) is 4.98 Å². The van der Waals surface area contributed by atoms with E-state index in [4.69, 9.17) is 14.1 Å². The largest absolute Gasteiger partial charge is 0.492 e. The minimum absolute atomic E-state index is 0.149. The molecule has 0 N–H and O–H groups in total. The lowest BCUT2D eigenvalue weighted by Gasteiger charge is -2.39. The molecule has 4 aromatic rings. The number of hydrogen-bond donors (Lipinski definition) is 0. The van der Waals surface area contributed by atoms with Crippen molar-refractivity contribution in [3.63, 3.8) is 0 Å². The Labute approximate surface area is 220 Å². The highest BCUT2D eigenvalue weighted by molar-refractivity contribution is 5.95. The molecule has 0 bridgehead atoms. The predicted octanol–water partition coefficient (Wildman–Crippen LogP) is 5.10. The van der Waals surface area contributed by atoms with Crippen molar-refractivity contribution in [1.82, 2.24) is 9.55 Å². The summed E-state index contributed by atoms with van der Waals surface area (Å²) < 4.78 is 13.6. The van der Waals surface area contributed by atoms with Crippen LogP contribution >= 0.6 is 0 Å². The quantitative estimate of drug-likeness (QED) is 0.370. The average molecular weight is 508 g/mol. The first-order valence-corrected chi connectivity index (χ1v) is 13.0. The zero-order chi connectivity index (χ0) is 26.7. The van der Waals surface area contributed by atoms with Gasteiger partial charge in [-0.1, -0.05) is 13.0 Å². The van der Waals surface area contributed by atoms with Gasteiger partial charge >= 0.3 is 0 Å². The van der Waals surface area contributed by atoms with E-state index in [1.165, 1.54) is 4.57 Å². The van der Waals surface area contributed by atoms with Gasteiger partial charge < -0.3 is 18.6 Å². The zero-order valence-corrected chi connectivity index (χ0v) is 21.9. The van der Waals surface area contributed by atoms with Crippen LogP contribution in [0.5, 0.6) is 5.75 Å². The minimum atomic E-state index is -0.384. The molecule has 0 atom stereocenters. The number of nitrogens with zero attached hydrogens (tertiary/aromatic N) is 5. The number of benzene rings is 2. The lowest BCUT2D eigenvalue weighted by molar-refractivity contribution is 0.269. The van der Waals surface area contributed by atoms with Gasteiger partial charge in [0.15, 0.2) is 5.58 Å². The molecule has 6 rings (SSSR count). The molecule has 0 unspecified atom stereocenters. The van der Waals surface area contributed by atoms with Crippen LogP contribution in [0.3, 0.4) is 0 Å². The van der Waals surface area contributed by atoms with Gasteiger partial charge in [0.2, 0.25) is 5.89 Å². The Kier molecular flexibility index (Phi) is 5.47. The Morgan fingerprint density at radius 2 is 1.87 bits per heavy atom. The van der Waals surface area contributed by atoms with E-state index in [2.05, 4.69) is 24.0 Å². The van der Waals surface area contributed by atoms with Crippen LogP contribution in [0.15, 0.2) is 45.6 Å². The highest BCUT2D eigenvalue weighted by atomic mass is 16.5. The fourth-order valence-corrected chi connectivity index (χ4v) is 5.42. The van der Waals surface area contributed by atoms with Gasteiger partial charge in [-0.3, -0.25) is 4.79 Å². The second kappa shape index (κ2) is 8.63. The molecule has 1 saturated heterocycles. The summed E-state index contributed by atoms with van der Waals surface area (Å²) in [7, 11) is 1.68. The highest BCUT2D eigenvalue weighted by Crippen LogP contribution is 2.45. The third-order valence-electron chi connectivity index (χ3n) is 8.30. The first-order chi connectivity index (χ1) is 18.3. The van der Waals surface area contributed by atoms with E-state index in [0.29, 0.717) is 36.6 Å². The predicted molar refractivity (Wildman–Crippen MR) is 144 cm³/mol. The molecule has 2 aromatic carbocycles. The lowest BCUT2D eigenvalue weighted by atomic mass is 9.80. The monoisotopic (exact) mass is 507 g/mol. The summed E-state index contributed by atoms with van der Waals surface area (Å²) in [5.41, 5.74) is 3.36. The van der Waals surface area contributed by atoms with E-state index in [1.807, 2.05) is 43.3 Å². The van der Waals surface area contributed by atoms with Crippen molar-refractivity contribution in [2.24, 2.45) is 12.5 Å². The molecule has 0 spiro atoms. The third kappa shape index (κ3) is 3.88. The van der Waals surface area contributed by atoms with Crippen LogP contribution in [0.2, 0.25) is 0 Å². The number of aromatic nitrogens is 2. The highest BCUT2D eigenvalue weighted by Gasteiger charge is 2.44. The SMILES string of the molecule is Cc1ccc2oc(C3(C)CCN(c4c(C#N)c(=O)n(C)c5cc(OCC6(C#N)CC6)ccc45)CC3)nc2c1. The Morgan fingerprint density at radius 1 is 1.11 bits per heavy atom. The smallest absolute Gasteiger partial charge is 0.270 e. The molecule has 2 aromatic heterocycles.